The van der Waals surface area contributed by atoms with Gasteiger partial charge in [0.1, 0.15) is 0 Å². The molecule has 130 valence electrons. The number of carbonyl (C=O) groups excluding carboxylic acids is 1. The van der Waals surface area contributed by atoms with Crippen molar-refractivity contribution in [2.45, 2.75) is 37.8 Å². The van der Waals surface area contributed by atoms with E-state index in [1.807, 2.05) is 4.90 Å². The molecular formula is C20H24N4O. The molecule has 1 spiro atoms. The number of piperidine rings is 1. The Balaban J connectivity index is 1.42. The quantitative estimate of drug-likeness (QED) is 0.865. The van der Waals surface area contributed by atoms with Crippen LogP contribution in [0.15, 0.2) is 48.8 Å². The topological polar surface area (TPSA) is 49.3 Å². The summed E-state index contributed by atoms with van der Waals surface area (Å²) in [6.45, 7) is 3.83. The molecule has 1 aromatic carbocycles. The zero-order valence-electron chi connectivity index (χ0n) is 14.5. The molecule has 3 heterocycles. The molecule has 2 aliphatic heterocycles. The van der Waals surface area contributed by atoms with Gasteiger partial charge in [-0.15, -0.1) is 0 Å². The van der Waals surface area contributed by atoms with Gasteiger partial charge >= 0.3 is 0 Å². The Bertz CT molecular complexity index is 711. The summed E-state index contributed by atoms with van der Waals surface area (Å²) in [6, 6.07) is 12.5. The predicted octanol–water partition coefficient (Wildman–Crippen LogP) is 2.75. The molecule has 0 N–H and O–H groups in total. The average molecular weight is 336 g/mol. The second kappa shape index (κ2) is 6.92. The zero-order valence-corrected chi connectivity index (χ0v) is 14.5. The molecule has 2 aliphatic rings. The molecule has 4 rings (SSSR count). The van der Waals surface area contributed by atoms with Gasteiger partial charge in [0.05, 0.1) is 18.0 Å². The third kappa shape index (κ3) is 3.29. The number of hydrogen-bond donors (Lipinski definition) is 0. The van der Waals surface area contributed by atoms with Gasteiger partial charge in [0.15, 0.2) is 0 Å². The first-order valence-corrected chi connectivity index (χ1v) is 9.12. The van der Waals surface area contributed by atoms with E-state index in [0.29, 0.717) is 5.56 Å². The highest BCUT2D eigenvalue weighted by molar-refractivity contribution is 5.93. The van der Waals surface area contributed by atoms with E-state index < -0.39 is 0 Å². The van der Waals surface area contributed by atoms with Crippen LogP contribution in [-0.2, 0) is 6.54 Å². The molecule has 1 aromatic heterocycles. The maximum atomic E-state index is 12.6. The van der Waals surface area contributed by atoms with Crippen LogP contribution in [0.25, 0.3) is 0 Å². The third-order valence-electron chi connectivity index (χ3n) is 5.77. The van der Waals surface area contributed by atoms with E-state index in [1.165, 1.54) is 18.4 Å². The zero-order chi connectivity index (χ0) is 17.1. The molecule has 2 saturated heterocycles. The lowest BCUT2D eigenvalue weighted by Crippen LogP contribution is -2.52. The van der Waals surface area contributed by atoms with Gasteiger partial charge in [-0.2, -0.15) is 10.2 Å². The Kier molecular flexibility index (Phi) is 4.49. The van der Waals surface area contributed by atoms with Crippen molar-refractivity contribution < 1.29 is 4.79 Å². The van der Waals surface area contributed by atoms with E-state index in [-0.39, 0.29) is 11.4 Å². The lowest BCUT2D eigenvalue weighted by atomic mass is 9.84. The fraction of sp³-hybridized carbons (Fsp3) is 0.450. The molecule has 2 fully saturated rings. The van der Waals surface area contributed by atoms with Crippen molar-refractivity contribution in [2.75, 3.05) is 19.6 Å². The Labute approximate surface area is 148 Å². The highest BCUT2D eigenvalue weighted by atomic mass is 16.2. The average Bonchev–Trinajstić information content (AvgIpc) is 3.05. The maximum absolute atomic E-state index is 12.6. The molecule has 5 heteroatoms. The van der Waals surface area contributed by atoms with Crippen LogP contribution in [0.4, 0.5) is 0 Å². The first-order valence-electron chi connectivity index (χ1n) is 9.12. The number of amides is 1. The van der Waals surface area contributed by atoms with E-state index in [1.54, 1.807) is 18.5 Å². The Morgan fingerprint density at radius 2 is 1.80 bits per heavy atom. The second-order valence-corrected chi connectivity index (χ2v) is 7.16. The standard InChI is InChI=1S/C20H24N4O/c25-19(18-7-11-21-22-15-18)23-13-9-20(10-14-23)8-4-12-24(20)16-17-5-2-1-3-6-17/h1-3,5-7,11,15H,4,8-10,12-14,16H2. The summed E-state index contributed by atoms with van der Waals surface area (Å²) in [5.41, 5.74) is 2.28. The van der Waals surface area contributed by atoms with E-state index >= 15 is 0 Å². The summed E-state index contributed by atoms with van der Waals surface area (Å²) in [5.74, 6) is 0.0809. The lowest BCUT2D eigenvalue weighted by Gasteiger charge is -2.45. The smallest absolute Gasteiger partial charge is 0.255 e. The predicted molar refractivity (Wildman–Crippen MR) is 96.0 cm³/mol. The molecule has 1 amide bonds. The Hall–Kier alpha value is -2.27. The van der Waals surface area contributed by atoms with Gasteiger partial charge in [0, 0.05) is 25.2 Å². The fourth-order valence-corrected chi connectivity index (χ4v) is 4.34. The van der Waals surface area contributed by atoms with Crippen LogP contribution in [0.2, 0.25) is 0 Å². The van der Waals surface area contributed by atoms with Crippen LogP contribution in [0.1, 0.15) is 41.6 Å². The number of hydrogen-bond acceptors (Lipinski definition) is 4. The largest absolute Gasteiger partial charge is 0.338 e. The van der Waals surface area contributed by atoms with Crippen LogP contribution in [-0.4, -0.2) is 51.1 Å². The van der Waals surface area contributed by atoms with Gasteiger partial charge < -0.3 is 4.90 Å². The highest BCUT2D eigenvalue weighted by Gasteiger charge is 2.43. The van der Waals surface area contributed by atoms with E-state index in [9.17, 15) is 4.79 Å². The Morgan fingerprint density at radius 1 is 1.00 bits per heavy atom. The minimum Gasteiger partial charge on any atom is -0.338 e. The van der Waals surface area contributed by atoms with Crippen molar-refractivity contribution >= 4 is 5.91 Å². The van der Waals surface area contributed by atoms with E-state index in [0.717, 1.165) is 39.0 Å². The molecule has 25 heavy (non-hydrogen) atoms. The van der Waals surface area contributed by atoms with Crippen LogP contribution in [0.3, 0.4) is 0 Å². The summed E-state index contributed by atoms with van der Waals surface area (Å²) in [6.07, 6.45) is 7.77. The highest BCUT2D eigenvalue weighted by Crippen LogP contribution is 2.39. The van der Waals surface area contributed by atoms with Crippen molar-refractivity contribution in [2.24, 2.45) is 0 Å². The first-order chi connectivity index (χ1) is 12.3. The number of benzene rings is 1. The van der Waals surface area contributed by atoms with Crippen LogP contribution >= 0.6 is 0 Å². The number of nitrogens with zero attached hydrogens (tertiary/aromatic N) is 4. The summed E-state index contributed by atoms with van der Waals surface area (Å²) >= 11 is 0. The van der Waals surface area contributed by atoms with Gasteiger partial charge in [-0.3, -0.25) is 9.69 Å². The van der Waals surface area contributed by atoms with Crippen molar-refractivity contribution in [1.29, 1.82) is 0 Å². The number of likely N-dealkylation sites (tertiary alicyclic amines) is 2. The molecule has 0 saturated carbocycles. The van der Waals surface area contributed by atoms with Crippen LogP contribution in [0.5, 0.6) is 0 Å². The van der Waals surface area contributed by atoms with Crippen molar-refractivity contribution in [3.63, 3.8) is 0 Å². The molecule has 0 atom stereocenters. The first kappa shape index (κ1) is 16.2. The van der Waals surface area contributed by atoms with Gasteiger partial charge in [0.2, 0.25) is 0 Å². The summed E-state index contributed by atoms with van der Waals surface area (Å²) in [7, 11) is 0. The maximum Gasteiger partial charge on any atom is 0.255 e. The van der Waals surface area contributed by atoms with Crippen molar-refractivity contribution in [1.82, 2.24) is 20.0 Å². The van der Waals surface area contributed by atoms with Gasteiger partial charge in [-0.1, -0.05) is 30.3 Å². The fourth-order valence-electron chi connectivity index (χ4n) is 4.34. The molecule has 5 nitrogen and oxygen atoms in total. The minimum absolute atomic E-state index is 0.0809. The monoisotopic (exact) mass is 336 g/mol. The number of aromatic nitrogens is 2. The SMILES string of the molecule is O=C(c1ccnnc1)N1CCC2(CCCN2Cc2ccccc2)CC1. The molecule has 0 aliphatic carbocycles. The molecule has 0 bridgehead atoms. The van der Waals surface area contributed by atoms with Crippen LogP contribution in [0, 0.1) is 0 Å². The van der Waals surface area contributed by atoms with Gasteiger partial charge in [-0.25, -0.2) is 0 Å². The molecular weight excluding hydrogens is 312 g/mol. The number of rotatable bonds is 3. The normalized spacial score (nSPS) is 20.1. The van der Waals surface area contributed by atoms with E-state index in [4.69, 9.17) is 0 Å². The summed E-state index contributed by atoms with van der Waals surface area (Å²) in [4.78, 5) is 17.2. The minimum atomic E-state index is 0.0809. The molecule has 0 radical (unpaired) electrons. The molecule has 0 unspecified atom stereocenters. The second-order valence-electron chi connectivity index (χ2n) is 7.16. The Morgan fingerprint density at radius 3 is 2.52 bits per heavy atom. The number of carbonyl (C=O) groups is 1. The van der Waals surface area contributed by atoms with Crippen molar-refractivity contribution in [3.05, 3.63) is 59.9 Å². The van der Waals surface area contributed by atoms with Crippen LogP contribution < -0.4 is 0 Å². The molecule has 2 aromatic rings. The van der Waals surface area contributed by atoms with Crippen molar-refractivity contribution in [3.8, 4) is 0 Å². The summed E-state index contributed by atoms with van der Waals surface area (Å²) < 4.78 is 0. The summed E-state index contributed by atoms with van der Waals surface area (Å²) in [5, 5.41) is 7.58. The van der Waals surface area contributed by atoms with E-state index in [2.05, 4.69) is 45.4 Å². The third-order valence-corrected chi connectivity index (χ3v) is 5.77. The van der Waals surface area contributed by atoms with Gasteiger partial charge in [0.25, 0.3) is 5.91 Å². The lowest BCUT2D eigenvalue weighted by molar-refractivity contribution is 0.0383. The van der Waals surface area contributed by atoms with Gasteiger partial charge in [-0.05, 0) is 43.9 Å².